The number of methoxy groups -OCH3 is 1. The van der Waals surface area contributed by atoms with Crippen molar-refractivity contribution in [3.63, 3.8) is 0 Å². The van der Waals surface area contributed by atoms with Gasteiger partial charge in [0.25, 0.3) is 0 Å². The predicted octanol–water partition coefficient (Wildman–Crippen LogP) is 3.51. The minimum absolute atomic E-state index is 0.135. The zero-order valence-corrected chi connectivity index (χ0v) is 13.6. The van der Waals surface area contributed by atoms with Gasteiger partial charge in [0.15, 0.2) is 5.69 Å². The third kappa shape index (κ3) is 4.96. The largest absolute Gasteiger partial charge is 0.480 e. The average molecular weight is 363 g/mol. The Labute approximate surface area is 137 Å². The molecular formula is C16H15BrN2O3. The number of esters is 1. The standard InChI is InChI=1S/C16H15BrN2O3/c1-21-15-11-18-10-14(19-15)16(20)22-9-3-2-4-12-5-7-13(17)8-6-12/h2,4-8,10-11H,3,9H2,1H3/b4-2+. The van der Waals surface area contributed by atoms with Gasteiger partial charge in [0.2, 0.25) is 5.88 Å². The van der Waals surface area contributed by atoms with Crippen LogP contribution in [-0.2, 0) is 4.74 Å². The molecule has 0 aliphatic carbocycles. The van der Waals surface area contributed by atoms with Crippen LogP contribution < -0.4 is 4.74 Å². The van der Waals surface area contributed by atoms with Crippen molar-refractivity contribution in [3.8, 4) is 5.88 Å². The minimum atomic E-state index is -0.511. The van der Waals surface area contributed by atoms with Crippen LogP contribution in [-0.4, -0.2) is 29.7 Å². The van der Waals surface area contributed by atoms with E-state index in [9.17, 15) is 4.79 Å². The van der Waals surface area contributed by atoms with Gasteiger partial charge in [-0.25, -0.2) is 9.78 Å². The first kappa shape index (κ1) is 16.2. The molecule has 5 nitrogen and oxygen atoms in total. The number of carbonyl (C=O) groups is 1. The molecule has 0 bridgehead atoms. The fourth-order valence-electron chi connectivity index (χ4n) is 1.63. The number of hydrogen-bond donors (Lipinski definition) is 0. The van der Waals surface area contributed by atoms with Crippen LogP contribution in [0.3, 0.4) is 0 Å². The fraction of sp³-hybridized carbons (Fsp3) is 0.188. The average Bonchev–Trinajstić information content (AvgIpc) is 2.56. The van der Waals surface area contributed by atoms with Gasteiger partial charge in [-0.3, -0.25) is 4.98 Å². The van der Waals surface area contributed by atoms with E-state index in [2.05, 4.69) is 25.9 Å². The van der Waals surface area contributed by atoms with Crippen molar-refractivity contribution in [1.29, 1.82) is 0 Å². The highest BCUT2D eigenvalue weighted by Gasteiger charge is 2.09. The number of rotatable bonds is 6. The SMILES string of the molecule is COc1cncc(C(=O)OCC/C=C/c2ccc(Br)cc2)n1. The number of benzene rings is 1. The van der Waals surface area contributed by atoms with Crippen LogP contribution in [0, 0.1) is 0 Å². The zero-order valence-electron chi connectivity index (χ0n) is 12.0. The molecule has 0 saturated carbocycles. The molecular weight excluding hydrogens is 348 g/mol. The number of ether oxygens (including phenoxy) is 2. The molecule has 0 fully saturated rings. The van der Waals surface area contributed by atoms with Crippen molar-refractivity contribution in [3.05, 3.63) is 58.5 Å². The van der Waals surface area contributed by atoms with Crippen LogP contribution >= 0.6 is 15.9 Å². The maximum Gasteiger partial charge on any atom is 0.358 e. The first-order valence-electron chi connectivity index (χ1n) is 6.64. The van der Waals surface area contributed by atoms with Gasteiger partial charge in [-0.05, 0) is 24.1 Å². The monoisotopic (exact) mass is 362 g/mol. The lowest BCUT2D eigenvalue weighted by Crippen LogP contribution is -2.09. The molecule has 2 rings (SSSR count). The topological polar surface area (TPSA) is 61.3 Å². The van der Waals surface area contributed by atoms with Crippen molar-refractivity contribution < 1.29 is 14.3 Å². The molecule has 22 heavy (non-hydrogen) atoms. The Morgan fingerprint density at radius 2 is 2.05 bits per heavy atom. The van der Waals surface area contributed by atoms with E-state index in [1.807, 2.05) is 36.4 Å². The van der Waals surface area contributed by atoms with Crippen LogP contribution in [0.4, 0.5) is 0 Å². The molecule has 0 atom stereocenters. The van der Waals surface area contributed by atoms with Crippen molar-refractivity contribution in [2.45, 2.75) is 6.42 Å². The molecule has 6 heteroatoms. The molecule has 0 radical (unpaired) electrons. The van der Waals surface area contributed by atoms with E-state index in [1.165, 1.54) is 19.5 Å². The van der Waals surface area contributed by atoms with E-state index in [0.717, 1.165) is 10.0 Å². The molecule has 0 spiro atoms. The van der Waals surface area contributed by atoms with E-state index in [0.29, 0.717) is 6.42 Å². The molecule has 0 aliphatic rings. The van der Waals surface area contributed by atoms with Crippen LogP contribution in [0.5, 0.6) is 5.88 Å². The maximum atomic E-state index is 11.8. The molecule has 0 aliphatic heterocycles. The van der Waals surface area contributed by atoms with Gasteiger partial charge in [0.1, 0.15) is 0 Å². The van der Waals surface area contributed by atoms with Crippen molar-refractivity contribution >= 4 is 28.0 Å². The summed E-state index contributed by atoms with van der Waals surface area (Å²) in [7, 11) is 1.46. The quantitative estimate of drug-likeness (QED) is 0.581. The Kier molecular flexibility index (Phi) is 6.09. The minimum Gasteiger partial charge on any atom is -0.480 e. The van der Waals surface area contributed by atoms with Gasteiger partial charge in [0.05, 0.1) is 26.1 Å². The highest BCUT2D eigenvalue weighted by atomic mass is 79.9. The fourth-order valence-corrected chi connectivity index (χ4v) is 1.90. The second-order valence-corrected chi connectivity index (χ2v) is 5.24. The van der Waals surface area contributed by atoms with Gasteiger partial charge in [-0.15, -0.1) is 0 Å². The Hall–Kier alpha value is -2.21. The van der Waals surface area contributed by atoms with Crippen molar-refractivity contribution in [2.24, 2.45) is 0 Å². The summed E-state index contributed by atoms with van der Waals surface area (Å²) in [5, 5.41) is 0. The van der Waals surface area contributed by atoms with Crippen molar-refractivity contribution in [2.75, 3.05) is 13.7 Å². The van der Waals surface area contributed by atoms with E-state index in [1.54, 1.807) is 0 Å². The molecule has 114 valence electrons. The van der Waals surface area contributed by atoms with Crippen LogP contribution in [0.1, 0.15) is 22.5 Å². The summed E-state index contributed by atoms with van der Waals surface area (Å²) < 4.78 is 11.1. The lowest BCUT2D eigenvalue weighted by Gasteiger charge is -2.03. The molecule has 0 amide bonds. The number of carbonyl (C=O) groups excluding carboxylic acids is 1. The number of hydrogen-bond acceptors (Lipinski definition) is 5. The van der Waals surface area contributed by atoms with Crippen LogP contribution in [0.2, 0.25) is 0 Å². The molecule has 0 unspecified atom stereocenters. The highest BCUT2D eigenvalue weighted by Crippen LogP contribution is 2.11. The van der Waals surface area contributed by atoms with Crippen molar-refractivity contribution in [1.82, 2.24) is 9.97 Å². The summed E-state index contributed by atoms with van der Waals surface area (Å²) in [6.07, 6.45) is 7.33. The summed E-state index contributed by atoms with van der Waals surface area (Å²) in [6, 6.07) is 7.94. The number of nitrogens with zero attached hydrogens (tertiary/aromatic N) is 2. The van der Waals surface area contributed by atoms with E-state index >= 15 is 0 Å². The Morgan fingerprint density at radius 3 is 2.77 bits per heavy atom. The highest BCUT2D eigenvalue weighted by molar-refractivity contribution is 9.10. The number of halogens is 1. The third-order valence-corrected chi connectivity index (χ3v) is 3.26. The summed E-state index contributed by atoms with van der Waals surface area (Å²) in [5.41, 5.74) is 1.23. The second kappa shape index (κ2) is 8.29. The number of aromatic nitrogens is 2. The summed E-state index contributed by atoms with van der Waals surface area (Å²) in [4.78, 5) is 19.6. The van der Waals surface area contributed by atoms with E-state index < -0.39 is 5.97 Å². The summed E-state index contributed by atoms with van der Waals surface area (Å²) in [5.74, 6) is -0.229. The normalized spacial score (nSPS) is 10.6. The Balaban J connectivity index is 1.78. The Bertz CT molecular complexity index is 657. The summed E-state index contributed by atoms with van der Waals surface area (Å²) >= 11 is 3.39. The van der Waals surface area contributed by atoms with Crippen LogP contribution in [0.15, 0.2) is 47.2 Å². The van der Waals surface area contributed by atoms with Gasteiger partial charge >= 0.3 is 5.97 Å². The first-order chi connectivity index (χ1) is 10.7. The van der Waals surface area contributed by atoms with Gasteiger partial charge in [0, 0.05) is 4.47 Å². The molecule has 0 saturated heterocycles. The molecule has 1 heterocycles. The van der Waals surface area contributed by atoms with Crippen LogP contribution in [0.25, 0.3) is 6.08 Å². The first-order valence-corrected chi connectivity index (χ1v) is 7.43. The van der Waals surface area contributed by atoms with E-state index in [4.69, 9.17) is 9.47 Å². The molecule has 1 aromatic carbocycles. The van der Waals surface area contributed by atoms with Gasteiger partial charge in [-0.1, -0.05) is 40.2 Å². The maximum absolute atomic E-state index is 11.8. The molecule has 0 N–H and O–H groups in total. The lowest BCUT2D eigenvalue weighted by atomic mass is 10.2. The third-order valence-electron chi connectivity index (χ3n) is 2.73. The van der Waals surface area contributed by atoms with Gasteiger partial charge < -0.3 is 9.47 Å². The zero-order chi connectivity index (χ0) is 15.8. The molecule has 2 aromatic rings. The molecule has 1 aromatic heterocycles. The van der Waals surface area contributed by atoms with Gasteiger partial charge in [-0.2, -0.15) is 0 Å². The summed E-state index contributed by atoms with van der Waals surface area (Å²) in [6.45, 7) is 0.282. The Morgan fingerprint density at radius 1 is 1.27 bits per heavy atom. The second-order valence-electron chi connectivity index (χ2n) is 4.33. The predicted molar refractivity (Wildman–Crippen MR) is 86.7 cm³/mol. The smallest absolute Gasteiger partial charge is 0.358 e. The lowest BCUT2D eigenvalue weighted by molar-refractivity contribution is 0.0503. The van der Waals surface area contributed by atoms with E-state index in [-0.39, 0.29) is 18.2 Å².